The first-order valence-electron chi connectivity index (χ1n) is 13.1. The smallest absolute Gasteiger partial charge is 0.261 e. The summed E-state index contributed by atoms with van der Waals surface area (Å²) in [6, 6.07) is 42.2. The molecule has 0 spiro atoms. The molecule has 1 atom stereocenters. The summed E-state index contributed by atoms with van der Waals surface area (Å²) in [5.74, 6) is 0. The van der Waals surface area contributed by atoms with Crippen molar-refractivity contribution in [1.82, 2.24) is 4.90 Å². The molecule has 4 aromatic carbocycles. The molecule has 0 heterocycles. The fourth-order valence-corrected chi connectivity index (χ4v) is 9.80. The van der Waals surface area contributed by atoms with Gasteiger partial charge in [0.25, 0.3) is 8.32 Å². The van der Waals surface area contributed by atoms with Crippen molar-refractivity contribution in [3.05, 3.63) is 132 Å². The first-order chi connectivity index (χ1) is 17.9. The molecule has 0 saturated carbocycles. The Labute approximate surface area is 223 Å². The molecule has 0 amide bonds. The zero-order valence-corrected chi connectivity index (χ0v) is 23.3. The normalized spacial score (nSPS) is 13.0. The molecule has 4 aromatic rings. The molecule has 0 unspecified atom stereocenters. The van der Waals surface area contributed by atoms with Gasteiger partial charge in [-0.05, 0) is 26.5 Å². The van der Waals surface area contributed by atoms with E-state index in [9.17, 15) is 5.11 Å². The fraction of sp³-hybridized carbons (Fsp3) is 0.273. The highest BCUT2D eigenvalue weighted by Crippen LogP contribution is 2.37. The van der Waals surface area contributed by atoms with E-state index in [1.165, 1.54) is 21.5 Å². The van der Waals surface area contributed by atoms with Crippen molar-refractivity contribution in [1.29, 1.82) is 0 Å². The molecular weight excluding hydrogens is 470 g/mol. The minimum Gasteiger partial charge on any atom is -0.406 e. The summed E-state index contributed by atoms with van der Waals surface area (Å²) >= 11 is 0. The summed E-state index contributed by atoms with van der Waals surface area (Å²) in [5.41, 5.74) is 2.45. The van der Waals surface area contributed by atoms with Gasteiger partial charge in [-0.3, -0.25) is 4.90 Å². The lowest BCUT2D eigenvalue weighted by Gasteiger charge is -2.44. The molecule has 0 aliphatic carbocycles. The van der Waals surface area contributed by atoms with Crippen LogP contribution in [0, 0.1) is 0 Å². The lowest BCUT2D eigenvalue weighted by Crippen LogP contribution is -2.67. The van der Waals surface area contributed by atoms with E-state index in [-0.39, 0.29) is 17.7 Å². The number of hydrogen-bond donors (Lipinski definition) is 1. The van der Waals surface area contributed by atoms with Gasteiger partial charge in [-0.25, -0.2) is 0 Å². The molecular formula is C33H39NO2Si. The molecule has 0 fully saturated rings. The van der Waals surface area contributed by atoms with E-state index in [1.54, 1.807) is 0 Å². The van der Waals surface area contributed by atoms with E-state index in [1.807, 2.05) is 12.1 Å². The average Bonchev–Trinajstić information content (AvgIpc) is 2.92. The Morgan fingerprint density at radius 3 is 1.38 bits per heavy atom. The van der Waals surface area contributed by atoms with E-state index < -0.39 is 8.32 Å². The third-order valence-corrected chi connectivity index (χ3v) is 12.1. The minimum atomic E-state index is -2.70. The number of aliphatic hydroxyl groups excluding tert-OH is 1. The SMILES string of the molecule is CC(C)(C)[Si](OC[C@H](CO)N(Cc1ccccc1)Cc1ccccc1)(c1ccccc1)c1ccccc1. The topological polar surface area (TPSA) is 32.7 Å². The van der Waals surface area contributed by atoms with Crippen LogP contribution >= 0.6 is 0 Å². The highest BCUT2D eigenvalue weighted by Gasteiger charge is 2.50. The molecule has 0 aromatic heterocycles. The molecule has 3 nitrogen and oxygen atoms in total. The van der Waals surface area contributed by atoms with Crippen molar-refractivity contribution >= 4 is 18.7 Å². The van der Waals surface area contributed by atoms with E-state index in [2.05, 4.69) is 135 Å². The maximum Gasteiger partial charge on any atom is 0.261 e. The highest BCUT2D eigenvalue weighted by atomic mass is 28.4. The Hall–Kier alpha value is -3.02. The van der Waals surface area contributed by atoms with Gasteiger partial charge in [-0.15, -0.1) is 0 Å². The van der Waals surface area contributed by atoms with Crippen LogP contribution < -0.4 is 10.4 Å². The predicted molar refractivity (Wildman–Crippen MR) is 157 cm³/mol. The van der Waals surface area contributed by atoms with Crippen molar-refractivity contribution < 1.29 is 9.53 Å². The number of benzene rings is 4. The monoisotopic (exact) mass is 509 g/mol. The maximum absolute atomic E-state index is 10.7. The van der Waals surface area contributed by atoms with Crippen molar-refractivity contribution in [3.8, 4) is 0 Å². The number of hydrogen-bond acceptors (Lipinski definition) is 3. The molecule has 0 aliphatic rings. The Kier molecular flexibility index (Phi) is 9.12. The van der Waals surface area contributed by atoms with Crippen molar-refractivity contribution in [2.75, 3.05) is 13.2 Å². The van der Waals surface area contributed by atoms with Gasteiger partial charge in [-0.2, -0.15) is 0 Å². The Balaban J connectivity index is 1.70. The van der Waals surface area contributed by atoms with Gasteiger partial charge in [0.05, 0.1) is 19.3 Å². The zero-order valence-electron chi connectivity index (χ0n) is 22.3. The van der Waals surface area contributed by atoms with Crippen LogP contribution in [-0.2, 0) is 17.5 Å². The van der Waals surface area contributed by atoms with Gasteiger partial charge in [0.1, 0.15) is 0 Å². The Morgan fingerprint density at radius 2 is 1.03 bits per heavy atom. The number of aliphatic hydroxyl groups is 1. The van der Waals surface area contributed by atoms with Crippen LogP contribution in [0.25, 0.3) is 0 Å². The van der Waals surface area contributed by atoms with Crippen molar-refractivity contribution in [2.45, 2.75) is 44.9 Å². The molecule has 0 saturated heterocycles. The molecule has 0 radical (unpaired) electrons. The molecule has 0 bridgehead atoms. The second-order valence-corrected chi connectivity index (χ2v) is 15.0. The quantitative estimate of drug-likeness (QED) is 0.266. The molecule has 192 valence electrons. The number of rotatable bonds is 11. The van der Waals surface area contributed by atoms with Crippen LogP contribution in [0.3, 0.4) is 0 Å². The van der Waals surface area contributed by atoms with Crippen LogP contribution in [0.15, 0.2) is 121 Å². The van der Waals surface area contributed by atoms with Crippen LogP contribution in [0.5, 0.6) is 0 Å². The molecule has 4 rings (SSSR count). The first-order valence-corrected chi connectivity index (χ1v) is 15.0. The Morgan fingerprint density at radius 1 is 0.649 bits per heavy atom. The lowest BCUT2D eigenvalue weighted by molar-refractivity contribution is 0.0681. The minimum absolute atomic E-state index is 0.0257. The molecule has 1 N–H and O–H groups in total. The second-order valence-electron chi connectivity index (χ2n) is 10.7. The standard InChI is InChI=1S/C33H39NO2Si/c1-33(2,3)37(31-20-12-6-13-21-31,32-22-14-7-15-23-32)36-27-30(26-35)34(24-28-16-8-4-9-17-28)25-29-18-10-5-11-19-29/h4-23,30,35H,24-27H2,1-3H3/t30-/m0/s1. The van der Waals surface area contributed by atoms with E-state index in [0.29, 0.717) is 6.61 Å². The lowest BCUT2D eigenvalue weighted by atomic mass is 10.1. The fourth-order valence-electron chi connectivity index (χ4n) is 5.21. The van der Waals surface area contributed by atoms with Crippen LogP contribution in [0.4, 0.5) is 0 Å². The van der Waals surface area contributed by atoms with Gasteiger partial charge >= 0.3 is 0 Å². The zero-order chi connectivity index (χ0) is 26.1. The van der Waals surface area contributed by atoms with Crippen LogP contribution in [0.1, 0.15) is 31.9 Å². The van der Waals surface area contributed by atoms with Gasteiger partial charge in [0.2, 0.25) is 0 Å². The van der Waals surface area contributed by atoms with Gasteiger partial charge in [0.15, 0.2) is 0 Å². The highest BCUT2D eigenvalue weighted by molar-refractivity contribution is 6.99. The van der Waals surface area contributed by atoms with Crippen LogP contribution in [-0.4, -0.2) is 37.6 Å². The average molecular weight is 510 g/mol. The van der Waals surface area contributed by atoms with Crippen molar-refractivity contribution in [3.63, 3.8) is 0 Å². The number of nitrogens with zero attached hydrogens (tertiary/aromatic N) is 1. The summed E-state index contributed by atoms with van der Waals surface area (Å²) in [6.07, 6.45) is 0. The summed E-state index contributed by atoms with van der Waals surface area (Å²) in [4.78, 5) is 2.35. The van der Waals surface area contributed by atoms with E-state index in [0.717, 1.165) is 13.1 Å². The predicted octanol–water partition coefficient (Wildman–Crippen LogP) is 5.63. The van der Waals surface area contributed by atoms with E-state index in [4.69, 9.17) is 4.43 Å². The van der Waals surface area contributed by atoms with E-state index >= 15 is 0 Å². The molecule has 37 heavy (non-hydrogen) atoms. The summed E-state index contributed by atoms with van der Waals surface area (Å²) in [6.45, 7) is 8.83. The third kappa shape index (κ3) is 6.46. The Bertz CT molecular complexity index is 1110. The second kappa shape index (κ2) is 12.5. The van der Waals surface area contributed by atoms with Crippen molar-refractivity contribution in [2.24, 2.45) is 0 Å². The third-order valence-electron chi connectivity index (χ3n) is 7.09. The van der Waals surface area contributed by atoms with Crippen LogP contribution in [0.2, 0.25) is 5.04 Å². The van der Waals surface area contributed by atoms with Gasteiger partial charge < -0.3 is 9.53 Å². The molecule has 4 heteroatoms. The summed E-state index contributed by atoms with van der Waals surface area (Å²) < 4.78 is 7.21. The summed E-state index contributed by atoms with van der Waals surface area (Å²) in [7, 11) is -2.70. The molecule has 0 aliphatic heterocycles. The maximum atomic E-state index is 10.7. The van der Waals surface area contributed by atoms with Gasteiger partial charge in [-0.1, -0.05) is 142 Å². The largest absolute Gasteiger partial charge is 0.406 e. The summed E-state index contributed by atoms with van der Waals surface area (Å²) in [5, 5.41) is 13.1. The van der Waals surface area contributed by atoms with Gasteiger partial charge in [0, 0.05) is 13.1 Å². The first kappa shape index (κ1) is 27.0.